The summed E-state index contributed by atoms with van der Waals surface area (Å²) in [6.45, 7) is 5.71. The van der Waals surface area contributed by atoms with Crippen LogP contribution in [-0.4, -0.2) is 47.6 Å². The number of carbonyl (C=O) groups excluding carboxylic acids is 2. The van der Waals surface area contributed by atoms with Crippen molar-refractivity contribution in [3.8, 4) is 0 Å². The lowest BCUT2D eigenvalue weighted by atomic mass is 10.1. The van der Waals surface area contributed by atoms with Crippen LogP contribution in [0.3, 0.4) is 0 Å². The van der Waals surface area contributed by atoms with Gasteiger partial charge in [0.2, 0.25) is 11.8 Å². The van der Waals surface area contributed by atoms with Gasteiger partial charge in [0.25, 0.3) is 0 Å². The molecule has 5 heteroatoms. The van der Waals surface area contributed by atoms with Gasteiger partial charge in [-0.05, 0) is 27.2 Å². The summed E-state index contributed by atoms with van der Waals surface area (Å²) in [7, 11) is 1.59. The van der Waals surface area contributed by atoms with Crippen LogP contribution in [-0.2, 0) is 9.59 Å². The molecule has 0 spiro atoms. The minimum absolute atomic E-state index is 0.00618. The van der Waals surface area contributed by atoms with Crippen LogP contribution < -0.4 is 5.32 Å². The Morgan fingerprint density at radius 2 is 1.88 bits per heavy atom. The third-order valence-corrected chi connectivity index (χ3v) is 1.87. The van der Waals surface area contributed by atoms with E-state index >= 15 is 0 Å². The third kappa shape index (κ3) is 7.23. The molecule has 94 valence electrons. The zero-order valence-electron chi connectivity index (χ0n) is 10.5. The second-order valence-electron chi connectivity index (χ2n) is 4.88. The first kappa shape index (κ1) is 14.9. The molecular formula is C11H22N2O3. The van der Waals surface area contributed by atoms with E-state index in [1.807, 2.05) is 20.8 Å². The minimum atomic E-state index is -0.286. The highest BCUT2D eigenvalue weighted by Gasteiger charge is 2.17. The molecule has 2 amide bonds. The number of hydrogen-bond donors (Lipinski definition) is 2. The smallest absolute Gasteiger partial charge is 0.240 e. The van der Waals surface area contributed by atoms with Crippen LogP contribution >= 0.6 is 0 Å². The molecule has 0 aliphatic heterocycles. The highest BCUT2D eigenvalue weighted by molar-refractivity contribution is 5.84. The molecule has 0 aliphatic rings. The van der Waals surface area contributed by atoms with Crippen molar-refractivity contribution in [2.24, 2.45) is 0 Å². The lowest BCUT2D eigenvalue weighted by molar-refractivity contribution is -0.135. The first-order valence-electron chi connectivity index (χ1n) is 5.42. The Bertz CT molecular complexity index is 246. The van der Waals surface area contributed by atoms with Crippen molar-refractivity contribution in [1.82, 2.24) is 10.2 Å². The second kappa shape index (κ2) is 6.48. The standard InChI is InChI=1S/C11H22N2O3/c1-11(2,3)12-9(15)8-13(4)10(16)6-5-7-14/h14H,5-8H2,1-4H3,(H,12,15). The fourth-order valence-corrected chi connectivity index (χ4v) is 1.18. The van der Waals surface area contributed by atoms with E-state index < -0.39 is 0 Å². The quantitative estimate of drug-likeness (QED) is 0.705. The highest BCUT2D eigenvalue weighted by atomic mass is 16.3. The van der Waals surface area contributed by atoms with E-state index in [1.54, 1.807) is 7.05 Å². The van der Waals surface area contributed by atoms with Gasteiger partial charge in [0.1, 0.15) is 0 Å². The molecule has 0 saturated carbocycles. The van der Waals surface area contributed by atoms with E-state index in [-0.39, 0.29) is 36.9 Å². The summed E-state index contributed by atoms with van der Waals surface area (Å²) in [5, 5.41) is 11.4. The van der Waals surface area contributed by atoms with E-state index in [0.717, 1.165) is 0 Å². The monoisotopic (exact) mass is 230 g/mol. The van der Waals surface area contributed by atoms with Gasteiger partial charge in [-0.2, -0.15) is 0 Å². The van der Waals surface area contributed by atoms with Gasteiger partial charge in [0, 0.05) is 25.6 Å². The van der Waals surface area contributed by atoms with Gasteiger partial charge in [-0.15, -0.1) is 0 Å². The molecular weight excluding hydrogens is 208 g/mol. The SMILES string of the molecule is CN(CC(=O)NC(C)(C)C)C(=O)CCCO. The number of aliphatic hydroxyl groups is 1. The Morgan fingerprint density at radius 3 is 2.31 bits per heavy atom. The van der Waals surface area contributed by atoms with Gasteiger partial charge < -0.3 is 15.3 Å². The van der Waals surface area contributed by atoms with E-state index in [2.05, 4.69) is 5.32 Å². The molecule has 0 aromatic carbocycles. The maximum absolute atomic E-state index is 11.5. The highest BCUT2D eigenvalue weighted by Crippen LogP contribution is 1.99. The molecule has 0 saturated heterocycles. The summed E-state index contributed by atoms with van der Waals surface area (Å²) in [6, 6.07) is 0. The number of amides is 2. The fourth-order valence-electron chi connectivity index (χ4n) is 1.18. The third-order valence-electron chi connectivity index (χ3n) is 1.87. The van der Waals surface area contributed by atoms with Crippen molar-refractivity contribution in [3.63, 3.8) is 0 Å². The van der Waals surface area contributed by atoms with Gasteiger partial charge in [0.15, 0.2) is 0 Å². The minimum Gasteiger partial charge on any atom is -0.396 e. The average Bonchev–Trinajstić information content (AvgIpc) is 2.10. The molecule has 0 radical (unpaired) electrons. The Kier molecular flexibility index (Phi) is 6.03. The summed E-state index contributed by atoms with van der Waals surface area (Å²) in [5.74, 6) is -0.301. The molecule has 16 heavy (non-hydrogen) atoms. The van der Waals surface area contributed by atoms with Gasteiger partial charge in [-0.25, -0.2) is 0 Å². The molecule has 0 heterocycles. The van der Waals surface area contributed by atoms with E-state index in [1.165, 1.54) is 4.90 Å². The summed E-state index contributed by atoms with van der Waals surface area (Å²) in [4.78, 5) is 24.3. The number of rotatable bonds is 5. The Labute approximate surface area is 96.8 Å². The molecule has 0 fully saturated rings. The zero-order chi connectivity index (χ0) is 12.8. The van der Waals surface area contributed by atoms with Crippen molar-refractivity contribution in [2.45, 2.75) is 39.2 Å². The van der Waals surface area contributed by atoms with Crippen LogP contribution in [0.15, 0.2) is 0 Å². The van der Waals surface area contributed by atoms with E-state index in [4.69, 9.17) is 5.11 Å². The summed E-state index contributed by atoms with van der Waals surface area (Å²) in [5.41, 5.74) is -0.286. The normalized spacial score (nSPS) is 11.1. The first-order valence-corrected chi connectivity index (χ1v) is 5.42. The first-order chi connectivity index (χ1) is 7.26. The number of nitrogens with zero attached hydrogens (tertiary/aromatic N) is 1. The summed E-state index contributed by atoms with van der Waals surface area (Å²) in [6.07, 6.45) is 0.708. The molecule has 5 nitrogen and oxygen atoms in total. The molecule has 2 N–H and O–H groups in total. The lowest BCUT2D eigenvalue weighted by Gasteiger charge is -2.23. The molecule has 0 unspecified atom stereocenters. The van der Waals surface area contributed by atoms with Gasteiger partial charge >= 0.3 is 0 Å². The molecule has 0 bridgehead atoms. The Hall–Kier alpha value is -1.10. The Morgan fingerprint density at radius 1 is 1.31 bits per heavy atom. The van der Waals surface area contributed by atoms with Crippen molar-refractivity contribution in [3.05, 3.63) is 0 Å². The average molecular weight is 230 g/mol. The van der Waals surface area contributed by atoms with Crippen LogP contribution in [0.25, 0.3) is 0 Å². The van der Waals surface area contributed by atoms with Crippen LogP contribution in [0.1, 0.15) is 33.6 Å². The van der Waals surface area contributed by atoms with Gasteiger partial charge in [0.05, 0.1) is 6.54 Å². The molecule has 0 aromatic heterocycles. The summed E-state index contributed by atoms with van der Waals surface area (Å²) < 4.78 is 0. The zero-order valence-corrected chi connectivity index (χ0v) is 10.5. The van der Waals surface area contributed by atoms with Gasteiger partial charge in [-0.3, -0.25) is 9.59 Å². The lowest BCUT2D eigenvalue weighted by Crippen LogP contribution is -2.46. The van der Waals surface area contributed by atoms with Crippen LogP contribution in [0.5, 0.6) is 0 Å². The number of likely N-dealkylation sites (N-methyl/N-ethyl adjacent to an activating group) is 1. The van der Waals surface area contributed by atoms with E-state index in [9.17, 15) is 9.59 Å². The maximum atomic E-state index is 11.5. The number of nitrogens with one attached hydrogen (secondary N) is 1. The van der Waals surface area contributed by atoms with Gasteiger partial charge in [-0.1, -0.05) is 0 Å². The second-order valence-corrected chi connectivity index (χ2v) is 4.88. The van der Waals surface area contributed by atoms with Crippen LogP contribution in [0.4, 0.5) is 0 Å². The Balaban J connectivity index is 3.99. The van der Waals surface area contributed by atoms with Crippen LogP contribution in [0.2, 0.25) is 0 Å². The van der Waals surface area contributed by atoms with Crippen molar-refractivity contribution in [2.75, 3.05) is 20.2 Å². The molecule has 0 aliphatic carbocycles. The van der Waals surface area contributed by atoms with E-state index in [0.29, 0.717) is 6.42 Å². The van der Waals surface area contributed by atoms with Crippen molar-refractivity contribution < 1.29 is 14.7 Å². The van der Waals surface area contributed by atoms with Crippen molar-refractivity contribution >= 4 is 11.8 Å². The maximum Gasteiger partial charge on any atom is 0.240 e. The van der Waals surface area contributed by atoms with Crippen LogP contribution in [0, 0.1) is 0 Å². The predicted molar refractivity (Wildman–Crippen MR) is 61.9 cm³/mol. The largest absolute Gasteiger partial charge is 0.396 e. The number of aliphatic hydroxyl groups excluding tert-OH is 1. The summed E-state index contributed by atoms with van der Waals surface area (Å²) >= 11 is 0. The molecule has 0 atom stereocenters. The predicted octanol–water partition coefficient (Wildman–Crippen LogP) is 0.132. The topological polar surface area (TPSA) is 69.6 Å². The molecule has 0 rings (SSSR count). The number of carbonyl (C=O) groups is 2. The fraction of sp³-hybridized carbons (Fsp3) is 0.818. The van der Waals surface area contributed by atoms with Crippen molar-refractivity contribution in [1.29, 1.82) is 0 Å². The number of hydrogen-bond acceptors (Lipinski definition) is 3. The molecule has 0 aromatic rings.